The van der Waals surface area contributed by atoms with Crippen molar-refractivity contribution in [1.29, 1.82) is 0 Å². The van der Waals surface area contributed by atoms with Gasteiger partial charge in [-0.1, -0.05) is 6.08 Å². The molecular formula is C10H8N6O. The Morgan fingerprint density at radius 3 is 3.12 bits per heavy atom. The van der Waals surface area contributed by atoms with Crippen molar-refractivity contribution in [3.05, 3.63) is 43.0 Å². The first-order chi connectivity index (χ1) is 8.38. The standard InChI is InChI=1S/C10H8N6O/c1-2-6(8-4-17-16-15-8)9-11-3-7-10(14-9)13-5-12-7/h2-6H,1H2,(H,11,12,13,14). The number of aromatic amines is 1. The van der Waals surface area contributed by atoms with E-state index in [1.165, 1.54) is 6.26 Å². The molecule has 3 rings (SSSR count). The van der Waals surface area contributed by atoms with Crippen LogP contribution < -0.4 is 0 Å². The lowest BCUT2D eigenvalue weighted by atomic mass is 10.1. The lowest BCUT2D eigenvalue weighted by Gasteiger charge is -2.05. The number of aromatic nitrogens is 6. The number of hydrogen-bond donors (Lipinski definition) is 1. The van der Waals surface area contributed by atoms with E-state index in [1.54, 1.807) is 18.6 Å². The van der Waals surface area contributed by atoms with Gasteiger partial charge in [-0.25, -0.2) is 15.0 Å². The normalized spacial score (nSPS) is 12.7. The minimum absolute atomic E-state index is 0.248. The maximum Gasteiger partial charge on any atom is 0.180 e. The highest BCUT2D eigenvalue weighted by Crippen LogP contribution is 2.21. The smallest absolute Gasteiger partial charge is 0.180 e. The highest BCUT2D eigenvalue weighted by atomic mass is 16.5. The molecule has 0 aliphatic carbocycles. The molecule has 1 atom stereocenters. The third-order valence-corrected chi connectivity index (χ3v) is 2.40. The summed E-state index contributed by atoms with van der Waals surface area (Å²) in [6, 6.07) is 0. The van der Waals surface area contributed by atoms with Crippen LogP contribution in [-0.4, -0.2) is 30.3 Å². The maximum absolute atomic E-state index is 4.71. The molecule has 3 aromatic rings. The predicted octanol–water partition coefficient (Wildman–Crippen LogP) is 1.05. The average Bonchev–Trinajstić information content (AvgIpc) is 2.99. The lowest BCUT2D eigenvalue weighted by molar-refractivity contribution is 0.392. The first kappa shape index (κ1) is 9.64. The summed E-state index contributed by atoms with van der Waals surface area (Å²) in [5.74, 6) is 0.317. The number of H-pyrrole nitrogens is 1. The van der Waals surface area contributed by atoms with Gasteiger partial charge in [-0.2, -0.15) is 0 Å². The van der Waals surface area contributed by atoms with Crippen LogP contribution in [0.25, 0.3) is 11.2 Å². The van der Waals surface area contributed by atoms with Gasteiger partial charge in [-0.05, 0) is 0 Å². The van der Waals surface area contributed by atoms with Crippen LogP contribution in [0, 0.1) is 0 Å². The molecule has 7 nitrogen and oxygen atoms in total. The minimum Gasteiger partial charge on any atom is -0.345 e. The molecule has 1 N–H and O–H groups in total. The van der Waals surface area contributed by atoms with Crippen molar-refractivity contribution < 1.29 is 4.52 Å². The second-order valence-corrected chi connectivity index (χ2v) is 3.41. The van der Waals surface area contributed by atoms with Crippen molar-refractivity contribution in [1.82, 2.24) is 30.3 Å². The Hall–Kier alpha value is -2.57. The second kappa shape index (κ2) is 3.78. The van der Waals surface area contributed by atoms with Crippen molar-refractivity contribution in [3.63, 3.8) is 0 Å². The summed E-state index contributed by atoms with van der Waals surface area (Å²) in [5, 5.41) is 7.25. The topological polar surface area (TPSA) is 93.4 Å². The Morgan fingerprint density at radius 1 is 1.41 bits per heavy atom. The molecule has 0 aromatic carbocycles. The molecule has 0 saturated carbocycles. The predicted molar refractivity (Wildman–Crippen MR) is 58.0 cm³/mol. The Balaban J connectivity index is 2.09. The van der Waals surface area contributed by atoms with Gasteiger partial charge in [0, 0.05) is 5.27 Å². The van der Waals surface area contributed by atoms with Gasteiger partial charge in [0.25, 0.3) is 0 Å². The zero-order chi connectivity index (χ0) is 11.7. The molecule has 0 fully saturated rings. The van der Waals surface area contributed by atoms with E-state index in [1.807, 2.05) is 0 Å². The third-order valence-electron chi connectivity index (χ3n) is 2.40. The minimum atomic E-state index is -0.248. The molecule has 0 radical (unpaired) electrons. The number of imidazole rings is 1. The van der Waals surface area contributed by atoms with Crippen molar-refractivity contribution >= 4 is 11.2 Å². The molecule has 0 spiro atoms. The zero-order valence-electron chi connectivity index (χ0n) is 8.74. The Kier molecular flexibility index (Phi) is 2.14. The molecule has 1 unspecified atom stereocenters. The largest absolute Gasteiger partial charge is 0.345 e. The van der Waals surface area contributed by atoms with E-state index in [4.69, 9.17) is 4.52 Å². The van der Waals surface area contributed by atoms with Crippen LogP contribution in [0.2, 0.25) is 0 Å². The summed E-state index contributed by atoms with van der Waals surface area (Å²) in [5.41, 5.74) is 2.02. The lowest BCUT2D eigenvalue weighted by Crippen LogP contribution is -2.04. The van der Waals surface area contributed by atoms with Crippen LogP contribution >= 0.6 is 0 Å². The van der Waals surface area contributed by atoms with E-state index >= 15 is 0 Å². The molecule has 0 aliphatic heterocycles. The van der Waals surface area contributed by atoms with E-state index in [-0.39, 0.29) is 5.92 Å². The SMILES string of the molecule is C=CC(c1conn1)c1ncc2[nH]cnc2n1. The fourth-order valence-electron chi connectivity index (χ4n) is 1.56. The highest BCUT2D eigenvalue weighted by molar-refractivity contribution is 5.68. The molecular weight excluding hydrogens is 220 g/mol. The Morgan fingerprint density at radius 2 is 2.35 bits per heavy atom. The van der Waals surface area contributed by atoms with E-state index in [9.17, 15) is 0 Å². The average molecular weight is 228 g/mol. The molecule has 17 heavy (non-hydrogen) atoms. The first-order valence-corrected chi connectivity index (χ1v) is 4.94. The van der Waals surface area contributed by atoms with Crippen LogP contribution in [0.5, 0.6) is 0 Å². The number of nitrogens with one attached hydrogen (secondary N) is 1. The summed E-state index contributed by atoms with van der Waals surface area (Å²) >= 11 is 0. The van der Waals surface area contributed by atoms with Gasteiger partial charge in [0.15, 0.2) is 5.65 Å². The van der Waals surface area contributed by atoms with Gasteiger partial charge in [0.1, 0.15) is 23.3 Å². The number of fused-ring (bicyclic) bond motifs is 1. The van der Waals surface area contributed by atoms with Gasteiger partial charge in [0.05, 0.1) is 18.4 Å². The van der Waals surface area contributed by atoms with Crippen LogP contribution in [0.4, 0.5) is 0 Å². The fraction of sp³-hybridized carbons (Fsp3) is 0.100. The van der Waals surface area contributed by atoms with E-state index < -0.39 is 0 Å². The van der Waals surface area contributed by atoms with Gasteiger partial charge in [-0.3, -0.25) is 0 Å². The van der Waals surface area contributed by atoms with Crippen molar-refractivity contribution in [2.45, 2.75) is 5.92 Å². The van der Waals surface area contributed by atoms with Crippen molar-refractivity contribution in [2.24, 2.45) is 0 Å². The summed E-state index contributed by atoms with van der Waals surface area (Å²) < 4.78 is 4.71. The number of nitrogens with zero attached hydrogens (tertiary/aromatic N) is 5. The quantitative estimate of drug-likeness (QED) is 0.673. The van der Waals surface area contributed by atoms with E-state index in [0.29, 0.717) is 17.2 Å². The molecule has 3 heterocycles. The van der Waals surface area contributed by atoms with Gasteiger partial charge in [-0.15, -0.1) is 11.7 Å². The van der Waals surface area contributed by atoms with Crippen LogP contribution in [-0.2, 0) is 0 Å². The molecule has 7 heteroatoms. The van der Waals surface area contributed by atoms with Gasteiger partial charge in [0.2, 0.25) is 0 Å². The second-order valence-electron chi connectivity index (χ2n) is 3.41. The van der Waals surface area contributed by atoms with E-state index in [2.05, 4.69) is 36.9 Å². The van der Waals surface area contributed by atoms with Gasteiger partial charge < -0.3 is 9.51 Å². The van der Waals surface area contributed by atoms with Crippen LogP contribution in [0.3, 0.4) is 0 Å². The van der Waals surface area contributed by atoms with Crippen molar-refractivity contribution in [2.75, 3.05) is 0 Å². The highest BCUT2D eigenvalue weighted by Gasteiger charge is 2.17. The number of allylic oxidation sites excluding steroid dienone is 1. The number of hydrogen-bond acceptors (Lipinski definition) is 6. The summed E-state index contributed by atoms with van der Waals surface area (Å²) in [4.78, 5) is 15.6. The Labute approximate surface area is 95.6 Å². The monoisotopic (exact) mass is 228 g/mol. The molecule has 0 amide bonds. The van der Waals surface area contributed by atoms with E-state index in [0.717, 1.165) is 5.52 Å². The Bertz CT molecular complexity index is 644. The van der Waals surface area contributed by atoms with Crippen LogP contribution in [0.1, 0.15) is 17.4 Å². The van der Waals surface area contributed by atoms with Crippen LogP contribution in [0.15, 0.2) is 36.0 Å². The van der Waals surface area contributed by atoms with Crippen molar-refractivity contribution in [3.8, 4) is 0 Å². The van der Waals surface area contributed by atoms with Gasteiger partial charge >= 0.3 is 0 Å². The maximum atomic E-state index is 4.71. The molecule has 0 aliphatic rings. The summed E-state index contributed by atoms with van der Waals surface area (Å²) in [7, 11) is 0. The molecule has 3 aromatic heterocycles. The third kappa shape index (κ3) is 1.57. The fourth-order valence-corrected chi connectivity index (χ4v) is 1.56. The summed E-state index contributed by atoms with van der Waals surface area (Å²) in [6.07, 6.45) is 6.39. The zero-order valence-corrected chi connectivity index (χ0v) is 8.74. The number of rotatable bonds is 3. The summed E-state index contributed by atoms with van der Waals surface area (Å²) in [6.45, 7) is 3.74. The molecule has 0 saturated heterocycles. The first-order valence-electron chi connectivity index (χ1n) is 4.94. The molecule has 84 valence electrons. The molecule has 0 bridgehead atoms.